The van der Waals surface area contributed by atoms with Crippen LogP contribution in [0.5, 0.6) is 0 Å². The van der Waals surface area contributed by atoms with Gasteiger partial charge in [-0.25, -0.2) is 0 Å². The highest BCUT2D eigenvalue weighted by Crippen LogP contribution is 2.30. The summed E-state index contributed by atoms with van der Waals surface area (Å²) >= 11 is 0. The molecule has 6 nitrogen and oxygen atoms in total. The summed E-state index contributed by atoms with van der Waals surface area (Å²) in [6, 6.07) is 3.63. The van der Waals surface area contributed by atoms with Crippen LogP contribution in [-0.4, -0.2) is 59.2 Å². The molecule has 3 fully saturated rings. The maximum Gasteiger partial charge on any atom is 0.251 e. The predicted molar refractivity (Wildman–Crippen MR) is 94.3 cm³/mol. The number of hydrogen-bond acceptors (Lipinski definition) is 4. The number of carbonyl (C=O) groups excluding carboxylic acids is 1. The Morgan fingerprint density at radius 2 is 1.92 bits per heavy atom. The van der Waals surface area contributed by atoms with Gasteiger partial charge in [0.2, 0.25) is 0 Å². The first-order chi connectivity index (χ1) is 12.2. The normalized spacial score (nSPS) is 24.6. The van der Waals surface area contributed by atoms with Crippen molar-refractivity contribution in [1.82, 2.24) is 14.4 Å². The maximum absolute atomic E-state index is 12.4. The number of amides is 1. The van der Waals surface area contributed by atoms with Gasteiger partial charge in [0.25, 0.3) is 11.5 Å². The molecule has 136 valence electrons. The molecule has 1 aromatic heterocycles. The molecule has 1 amide bonds. The van der Waals surface area contributed by atoms with Crippen molar-refractivity contribution in [2.45, 2.75) is 44.9 Å². The maximum atomic E-state index is 12.4. The molecule has 0 bridgehead atoms. The predicted octanol–water partition coefficient (Wildman–Crippen LogP) is 1.08. The molecule has 1 saturated carbocycles. The van der Waals surface area contributed by atoms with Gasteiger partial charge in [0.05, 0.1) is 0 Å². The number of nitrogens with zero attached hydrogens (tertiary/aromatic N) is 3. The van der Waals surface area contributed by atoms with E-state index in [1.807, 2.05) is 21.7 Å². The second-order valence-electron chi connectivity index (χ2n) is 7.57. The van der Waals surface area contributed by atoms with Crippen molar-refractivity contribution in [3.05, 3.63) is 34.2 Å². The zero-order valence-electron chi connectivity index (χ0n) is 14.7. The number of rotatable bonds is 5. The molecule has 0 radical (unpaired) electrons. The van der Waals surface area contributed by atoms with Gasteiger partial charge >= 0.3 is 0 Å². The lowest BCUT2D eigenvalue weighted by atomic mass is 10.2. The third-order valence-electron chi connectivity index (χ3n) is 5.49. The Bertz CT molecular complexity index is 669. The highest BCUT2D eigenvalue weighted by atomic mass is 16.5. The molecule has 0 N–H and O–H groups in total. The van der Waals surface area contributed by atoms with E-state index in [1.54, 1.807) is 6.07 Å². The Labute approximate surface area is 148 Å². The lowest BCUT2D eigenvalue weighted by molar-refractivity contribution is -0.142. The number of hydrogen-bond donors (Lipinski definition) is 0. The van der Waals surface area contributed by atoms with Crippen LogP contribution in [0.15, 0.2) is 23.1 Å². The average Bonchev–Trinajstić information content (AvgIpc) is 3.27. The molecule has 25 heavy (non-hydrogen) atoms. The zero-order valence-corrected chi connectivity index (χ0v) is 14.7. The lowest BCUT2D eigenvalue weighted by Crippen LogP contribution is -2.51. The van der Waals surface area contributed by atoms with Gasteiger partial charge < -0.3 is 14.2 Å². The third-order valence-corrected chi connectivity index (χ3v) is 5.49. The van der Waals surface area contributed by atoms with E-state index in [-0.39, 0.29) is 17.6 Å². The van der Waals surface area contributed by atoms with Crippen molar-refractivity contribution in [2.24, 2.45) is 5.92 Å². The molecule has 6 heteroatoms. The van der Waals surface area contributed by atoms with Crippen molar-refractivity contribution in [1.29, 1.82) is 0 Å². The first kappa shape index (κ1) is 16.8. The number of piperazine rings is 1. The molecule has 3 heterocycles. The number of pyridine rings is 1. The average molecular weight is 345 g/mol. The van der Waals surface area contributed by atoms with E-state index >= 15 is 0 Å². The lowest BCUT2D eigenvalue weighted by Gasteiger charge is -2.35. The Kier molecular flexibility index (Phi) is 4.90. The monoisotopic (exact) mass is 345 g/mol. The van der Waals surface area contributed by atoms with Gasteiger partial charge in [0.15, 0.2) is 0 Å². The fraction of sp³-hybridized carbons (Fsp3) is 0.684. The molecule has 1 aliphatic carbocycles. The van der Waals surface area contributed by atoms with E-state index in [0.717, 1.165) is 52.1 Å². The Morgan fingerprint density at radius 3 is 2.60 bits per heavy atom. The van der Waals surface area contributed by atoms with Gasteiger partial charge in [-0.3, -0.25) is 14.5 Å². The fourth-order valence-corrected chi connectivity index (χ4v) is 3.76. The number of ether oxygens (including phenoxy) is 1. The Morgan fingerprint density at radius 1 is 1.12 bits per heavy atom. The summed E-state index contributed by atoms with van der Waals surface area (Å²) in [5.41, 5.74) is 1.28. The molecule has 4 rings (SSSR count). The van der Waals surface area contributed by atoms with E-state index in [9.17, 15) is 9.59 Å². The smallest absolute Gasteiger partial charge is 0.251 e. The zero-order chi connectivity index (χ0) is 17.2. The second kappa shape index (κ2) is 7.30. The van der Waals surface area contributed by atoms with Gasteiger partial charge in [-0.2, -0.15) is 0 Å². The van der Waals surface area contributed by atoms with Crippen LogP contribution in [0.1, 0.15) is 31.2 Å². The van der Waals surface area contributed by atoms with Gasteiger partial charge in [-0.1, -0.05) is 6.07 Å². The Hall–Kier alpha value is -1.66. The van der Waals surface area contributed by atoms with Crippen molar-refractivity contribution >= 4 is 5.91 Å². The van der Waals surface area contributed by atoms with Crippen LogP contribution in [-0.2, 0) is 22.6 Å². The summed E-state index contributed by atoms with van der Waals surface area (Å²) in [5.74, 6) is 0.857. The molecule has 0 spiro atoms. The van der Waals surface area contributed by atoms with Crippen molar-refractivity contribution in [3.8, 4) is 0 Å². The molecule has 3 aliphatic rings. The summed E-state index contributed by atoms with van der Waals surface area (Å²) < 4.78 is 7.38. The number of carbonyl (C=O) groups is 1. The third kappa shape index (κ3) is 4.12. The second-order valence-corrected chi connectivity index (χ2v) is 7.57. The standard InChI is InChI=1S/C19H27N3O3/c23-18-6-5-16(14-22(18)13-15-3-4-15)12-20-7-9-21(10-8-20)19(24)17-2-1-11-25-17/h5-6,14-15,17H,1-4,7-13H2/t17-/m0/s1. The van der Waals surface area contributed by atoms with Gasteiger partial charge in [0.1, 0.15) is 6.10 Å². The SMILES string of the molecule is O=C([C@@H]1CCCO1)N1CCN(Cc2ccc(=O)n(CC3CC3)c2)CC1. The van der Waals surface area contributed by atoms with Crippen LogP contribution in [0.3, 0.4) is 0 Å². The topological polar surface area (TPSA) is 54.8 Å². The largest absolute Gasteiger partial charge is 0.368 e. The van der Waals surface area contributed by atoms with Gasteiger partial charge in [-0.15, -0.1) is 0 Å². The fourth-order valence-electron chi connectivity index (χ4n) is 3.76. The van der Waals surface area contributed by atoms with Crippen LogP contribution in [0.2, 0.25) is 0 Å². The van der Waals surface area contributed by atoms with Crippen molar-refractivity contribution in [2.75, 3.05) is 32.8 Å². The molecular formula is C19H27N3O3. The van der Waals surface area contributed by atoms with Crippen LogP contribution in [0.4, 0.5) is 0 Å². The number of aromatic nitrogens is 1. The van der Waals surface area contributed by atoms with Crippen molar-refractivity contribution in [3.63, 3.8) is 0 Å². The summed E-state index contributed by atoms with van der Waals surface area (Å²) in [5, 5.41) is 0. The van der Waals surface area contributed by atoms with E-state index in [4.69, 9.17) is 4.74 Å². The molecule has 0 aromatic carbocycles. The van der Waals surface area contributed by atoms with Crippen LogP contribution in [0.25, 0.3) is 0 Å². The van der Waals surface area contributed by atoms with E-state index in [2.05, 4.69) is 4.90 Å². The van der Waals surface area contributed by atoms with Crippen LogP contribution >= 0.6 is 0 Å². The molecule has 1 aromatic rings. The van der Waals surface area contributed by atoms with E-state index in [0.29, 0.717) is 12.5 Å². The minimum Gasteiger partial charge on any atom is -0.368 e. The molecular weight excluding hydrogens is 318 g/mol. The Balaban J connectivity index is 1.31. The summed E-state index contributed by atoms with van der Waals surface area (Å²) in [6.07, 6.45) is 6.16. The minimum absolute atomic E-state index is 0.0997. The highest BCUT2D eigenvalue weighted by Gasteiger charge is 2.30. The first-order valence-electron chi connectivity index (χ1n) is 9.51. The molecule has 2 saturated heterocycles. The van der Waals surface area contributed by atoms with Gasteiger partial charge in [-0.05, 0) is 37.2 Å². The van der Waals surface area contributed by atoms with Crippen LogP contribution < -0.4 is 5.56 Å². The van der Waals surface area contributed by atoms with E-state index < -0.39 is 0 Å². The van der Waals surface area contributed by atoms with Gasteiger partial charge in [0, 0.05) is 58.1 Å². The van der Waals surface area contributed by atoms with E-state index in [1.165, 1.54) is 18.4 Å². The molecule has 0 unspecified atom stereocenters. The molecule has 2 aliphatic heterocycles. The van der Waals surface area contributed by atoms with Crippen LogP contribution in [0, 0.1) is 5.92 Å². The minimum atomic E-state index is -0.211. The quantitative estimate of drug-likeness (QED) is 0.801. The van der Waals surface area contributed by atoms with Crippen molar-refractivity contribution < 1.29 is 9.53 Å². The first-order valence-corrected chi connectivity index (χ1v) is 9.51. The summed E-state index contributed by atoms with van der Waals surface area (Å²) in [6.45, 7) is 5.69. The molecule has 1 atom stereocenters. The summed E-state index contributed by atoms with van der Waals surface area (Å²) in [4.78, 5) is 28.7. The summed E-state index contributed by atoms with van der Waals surface area (Å²) in [7, 11) is 0. The highest BCUT2D eigenvalue weighted by molar-refractivity contribution is 5.81.